The van der Waals surface area contributed by atoms with Crippen LogP contribution in [-0.2, 0) is 0 Å². The van der Waals surface area contributed by atoms with Gasteiger partial charge in [0, 0.05) is 13.6 Å². The molecule has 0 bridgehead atoms. The number of alkyl halides is 2. The van der Waals surface area contributed by atoms with E-state index in [1.807, 2.05) is 6.92 Å². The second kappa shape index (κ2) is 5.11. The number of H-pyrrole nitrogens is 1. The van der Waals surface area contributed by atoms with Crippen molar-refractivity contribution in [3.05, 3.63) is 6.33 Å². The number of fused-ring (bicyclic) bond motifs is 1. The third-order valence-corrected chi connectivity index (χ3v) is 2.37. The number of imidazole rings is 1. The molecule has 8 heteroatoms. The van der Waals surface area contributed by atoms with Crippen LogP contribution in [0.3, 0.4) is 0 Å². The maximum atomic E-state index is 12.4. The topological polar surface area (TPSA) is 69.7 Å². The number of aromatic amines is 1. The first-order chi connectivity index (χ1) is 8.61. The van der Waals surface area contributed by atoms with Crippen molar-refractivity contribution in [3.63, 3.8) is 0 Å². The molecule has 0 aliphatic carbocycles. The Balaban J connectivity index is 2.42. The maximum Gasteiger partial charge on any atom is 0.255 e. The highest BCUT2D eigenvalue weighted by atomic mass is 19.3. The summed E-state index contributed by atoms with van der Waals surface area (Å²) in [5, 5.41) is 2.95. The van der Waals surface area contributed by atoms with Gasteiger partial charge in [0.1, 0.15) is 5.52 Å². The fraction of sp³-hybridized carbons (Fsp3) is 0.500. The highest BCUT2D eigenvalue weighted by Gasteiger charge is 2.16. The van der Waals surface area contributed by atoms with Gasteiger partial charge in [-0.1, -0.05) is 0 Å². The van der Waals surface area contributed by atoms with Crippen LogP contribution >= 0.6 is 0 Å². The Labute approximate surface area is 102 Å². The lowest BCUT2D eigenvalue weighted by molar-refractivity contribution is 0.156. The number of hydrogen-bond donors (Lipinski definition) is 2. The first kappa shape index (κ1) is 12.5. The molecular formula is C10H14F2N6. The molecule has 0 aliphatic heterocycles. The molecule has 6 nitrogen and oxygen atoms in total. The smallest absolute Gasteiger partial charge is 0.255 e. The summed E-state index contributed by atoms with van der Waals surface area (Å²) in [6.45, 7) is 2.16. The molecule has 2 rings (SSSR count). The number of halogens is 2. The lowest BCUT2D eigenvalue weighted by atomic mass is 10.4. The van der Waals surface area contributed by atoms with Crippen LogP contribution in [0.25, 0.3) is 11.2 Å². The first-order valence-electron chi connectivity index (χ1n) is 5.56. The van der Waals surface area contributed by atoms with Crippen LogP contribution in [0.4, 0.5) is 20.5 Å². The molecule has 0 spiro atoms. The van der Waals surface area contributed by atoms with Crippen LogP contribution < -0.4 is 10.2 Å². The van der Waals surface area contributed by atoms with Crippen LogP contribution in [0.15, 0.2) is 6.33 Å². The van der Waals surface area contributed by atoms with Crippen LogP contribution in [0.2, 0.25) is 0 Å². The molecule has 0 saturated heterocycles. The maximum absolute atomic E-state index is 12.4. The van der Waals surface area contributed by atoms with Gasteiger partial charge < -0.3 is 15.2 Å². The van der Waals surface area contributed by atoms with Crippen molar-refractivity contribution in [3.8, 4) is 0 Å². The molecule has 0 atom stereocenters. The number of anilines is 2. The summed E-state index contributed by atoms with van der Waals surface area (Å²) >= 11 is 0. The van der Waals surface area contributed by atoms with Gasteiger partial charge in [0.05, 0.1) is 12.9 Å². The SMILES string of the molecule is CCNc1nc(N(C)CC(F)F)c2[nH]cnc2n1. The van der Waals surface area contributed by atoms with Crippen molar-refractivity contribution >= 4 is 22.9 Å². The van der Waals surface area contributed by atoms with E-state index >= 15 is 0 Å². The van der Waals surface area contributed by atoms with Gasteiger partial charge in [-0.3, -0.25) is 0 Å². The molecule has 2 heterocycles. The minimum Gasteiger partial charge on any atom is -0.354 e. The zero-order valence-electron chi connectivity index (χ0n) is 10.1. The van der Waals surface area contributed by atoms with Crippen LogP contribution in [-0.4, -0.2) is 46.5 Å². The van der Waals surface area contributed by atoms with E-state index in [0.717, 1.165) is 0 Å². The van der Waals surface area contributed by atoms with E-state index in [-0.39, 0.29) is 0 Å². The van der Waals surface area contributed by atoms with E-state index < -0.39 is 13.0 Å². The molecular weight excluding hydrogens is 242 g/mol. The van der Waals surface area contributed by atoms with Gasteiger partial charge in [-0.05, 0) is 6.92 Å². The zero-order chi connectivity index (χ0) is 13.1. The van der Waals surface area contributed by atoms with E-state index in [1.165, 1.54) is 11.2 Å². The average Bonchev–Trinajstić information content (AvgIpc) is 2.75. The predicted octanol–water partition coefficient (Wildman–Crippen LogP) is 1.49. The van der Waals surface area contributed by atoms with Crippen LogP contribution in [0, 0.1) is 0 Å². The summed E-state index contributed by atoms with van der Waals surface area (Å²) in [7, 11) is 1.56. The second-order valence-corrected chi connectivity index (χ2v) is 3.77. The monoisotopic (exact) mass is 256 g/mol. The highest BCUT2D eigenvalue weighted by Crippen LogP contribution is 2.22. The van der Waals surface area contributed by atoms with E-state index in [0.29, 0.717) is 29.5 Å². The molecule has 2 N–H and O–H groups in total. The number of hydrogen-bond acceptors (Lipinski definition) is 5. The molecule has 2 aromatic heterocycles. The molecule has 0 amide bonds. The van der Waals surface area contributed by atoms with Gasteiger partial charge >= 0.3 is 0 Å². The van der Waals surface area contributed by atoms with Crippen molar-refractivity contribution in [2.75, 3.05) is 30.4 Å². The van der Waals surface area contributed by atoms with Gasteiger partial charge in [-0.25, -0.2) is 13.8 Å². The summed E-state index contributed by atoms with van der Waals surface area (Å²) in [5.41, 5.74) is 1.01. The fourth-order valence-corrected chi connectivity index (χ4v) is 1.62. The molecule has 0 radical (unpaired) electrons. The fourth-order valence-electron chi connectivity index (χ4n) is 1.62. The molecule has 18 heavy (non-hydrogen) atoms. The Morgan fingerprint density at radius 1 is 1.44 bits per heavy atom. The quantitative estimate of drug-likeness (QED) is 0.848. The van der Waals surface area contributed by atoms with Gasteiger partial charge in [-0.15, -0.1) is 0 Å². The molecule has 0 saturated carbocycles. The van der Waals surface area contributed by atoms with E-state index in [4.69, 9.17) is 0 Å². The van der Waals surface area contributed by atoms with Gasteiger partial charge in [-0.2, -0.15) is 9.97 Å². The molecule has 0 fully saturated rings. The predicted molar refractivity (Wildman–Crippen MR) is 65.1 cm³/mol. The van der Waals surface area contributed by atoms with Gasteiger partial charge in [0.2, 0.25) is 5.95 Å². The summed E-state index contributed by atoms with van der Waals surface area (Å²) in [4.78, 5) is 16.7. The van der Waals surface area contributed by atoms with E-state index in [2.05, 4.69) is 25.3 Å². The second-order valence-electron chi connectivity index (χ2n) is 3.77. The Morgan fingerprint density at radius 2 is 2.22 bits per heavy atom. The van der Waals surface area contributed by atoms with Crippen molar-refractivity contribution in [1.29, 1.82) is 0 Å². The average molecular weight is 256 g/mol. The molecule has 0 unspecified atom stereocenters. The third-order valence-electron chi connectivity index (χ3n) is 2.37. The highest BCUT2D eigenvalue weighted by molar-refractivity contribution is 5.84. The zero-order valence-corrected chi connectivity index (χ0v) is 10.1. The van der Waals surface area contributed by atoms with E-state index in [1.54, 1.807) is 7.05 Å². The normalized spacial score (nSPS) is 11.2. The van der Waals surface area contributed by atoms with Gasteiger partial charge in [0.25, 0.3) is 6.43 Å². The lowest BCUT2D eigenvalue weighted by Gasteiger charge is -2.18. The minimum absolute atomic E-state index is 0.383. The van der Waals surface area contributed by atoms with E-state index in [9.17, 15) is 8.78 Å². The molecule has 2 aromatic rings. The van der Waals surface area contributed by atoms with Crippen molar-refractivity contribution < 1.29 is 8.78 Å². The lowest BCUT2D eigenvalue weighted by Crippen LogP contribution is -2.25. The van der Waals surface area contributed by atoms with Crippen molar-refractivity contribution in [2.24, 2.45) is 0 Å². The Bertz CT molecular complexity index is 526. The minimum atomic E-state index is -2.43. The summed E-state index contributed by atoms with van der Waals surface area (Å²) in [6.07, 6.45) is -0.958. The van der Waals surface area contributed by atoms with Crippen LogP contribution in [0.5, 0.6) is 0 Å². The van der Waals surface area contributed by atoms with Crippen molar-refractivity contribution in [1.82, 2.24) is 19.9 Å². The number of nitrogens with one attached hydrogen (secondary N) is 2. The summed E-state index contributed by atoms with van der Waals surface area (Å²) in [5.74, 6) is 0.793. The molecule has 0 aromatic carbocycles. The summed E-state index contributed by atoms with van der Waals surface area (Å²) < 4.78 is 24.8. The number of nitrogens with zero attached hydrogens (tertiary/aromatic N) is 4. The Hall–Kier alpha value is -1.99. The Morgan fingerprint density at radius 3 is 2.89 bits per heavy atom. The largest absolute Gasteiger partial charge is 0.354 e. The standard InChI is InChI=1S/C10H14F2N6/c1-3-13-10-16-8-7(14-5-15-8)9(17-10)18(2)4-6(11)12/h5-6H,3-4H2,1-2H3,(H2,13,14,15,16,17). The Kier molecular flexibility index (Phi) is 3.54. The third kappa shape index (κ3) is 2.47. The van der Waals surface area contributed by atoms with Gasteiger partial charge in [0.15, 0.2) is 11.5 Å². The molecule has 0 aliphatic rings. The van der Waals surface area contributed by atoms with Crippen LogP contribution in [0.1, 0.15) is 6.92 Å². The number of aromatic nitrogens is 4. The number of rotatable bonds is 5. The summed E-state index contributed by atoms with van der Waals surface area (Å²) in [6, 6.07) is 0. The molecule has 98 valence electrons. The van der Waals surface area contributed by atoms with Crippen molar-refractivity contribution in [2.45, 2.75) is 13.3 Å². The first-order valence-corrected chi connectivity index (χ1v) is 5.56.